The number of fused-ring (bicyclic) bond motifs is 1. The molecule has 0 spiro atoms. The van der Waals surface area contributed by atoms with Crippen molar-refractivity contribution in [2.24, 2.45) is 0 Å². The van der Waals surface area contributed by atoms with Crippen molar-refractivity contribution < 1.29 is 14.7 Å². The van der Waals surface area contributed by atoms with E-state index in [0.29, 0.717) is 17.1 Å². The molecule has 0 saturated heterocycles. The van der Waals surface area contributed by atoms with Crippen molar-refractivity contribution in [3.8, 4) is 0 Å². The lowest BCUT2D eigenvalue weighted by atomic mass is 10.3. The number of rotatable bonds is 2. The summed E-state index contributed by atoms with van der Waals surface area (Å²) < 4.78 is 1.27. The van der Waals surface area contributed by atoms with E-state index < -0.39 is 11.9 Å². The first kappa shape index (κ1) is 10.1. The van der Waals surface area contributed by atoms with Crippen LogP contribution in [0.4, 0.5) is 0 Å². The second kappa shape index (κ2) is 3.98. The SMILES string of the molecule is O=C([O-])C=CC(=O)n1cnc2ccccc21. The van der Waals surface area contributed by atoms with E-state index in [0.717, 1.165) is 6.08 Å². The Hall–Kier alpha value is -2.43. The van der Waals surface area contributed by atoms with Crippen LogP contribution in [-0.2, 0) is 4.79 Å². The molecule has 0 radical (unpaired) electrons. The van der Waals surface area contributed by atoms with Crippen LogP contribution in [0.3, 0.4) is 0 Å². The second-order valence-electron chi connectivity index (χ2n) is 3.09. The number of carbonyl (C=O) groups is 2. The van der Waals surface area contributed by atoms with Crippen molar-refractivity contribution in [1.29, 1.82) is 0 Å². The first-order valence-electron chi connectivity index (χ1n) is 4.54. The Morgan fingerprint density at radius 1 is 1.25 bits per heavy atom. The van der Waals surface area contributed by atoms with E-state index in [1.165, 1.54) is 10.9 Å². The maximum Gasteiger partial charge on any atom is 0.256 e. The van der Waals surface area contributed by atoms with E-state index in [9.17, 15) is 14.7 Å². The molecule has 0 fully saturated rings. The van der Waals surface area contributed by atoms with Gasteiger partial charge in [0.1, 0.15) is 6.33 Å². The summed E-state index contributed by atoms with van der Waals surface area (Å²) in [7, 11) is 0. The minimum atomic E-state index is -1.40. The zero-order valence-corrected chi connectivity index (χ0v) is 8.16. The van der Waals surface area contributed by atoms with Gasteiger partial charge in [-0.25, -0.2) is 4.98 Å². The molecule has 5 nitrogen and oxygen atoms in total. The number of aliphatic carboxylic acids is 1. The number of hydrogen-bond acceptors (Lipinski definition) is 4. The van der Waals surface area contributed by atoms with Crippen LogP contribution in [0.15, 0.2) is 42.7 Å². The predicted molar refractivity (Wildman–Crippen MR) is 54.5 cm³/mol. The van der Waals surface area contributed by atoms with Crippen LogP contribution in [0.1, 0.15) is 4.79 Å². The minimum absolute atomic E-state index is 0.474. The maximum atomic E-state index is 11.6. The Balaban J connectivity index is 2.40. The average Bonchev–Trinajstić information content (AvgIpc) is 2.69. The Kier molecular flexibility index (Phi) is 2.51. The first-order chi connectivity index (χ1) is 7.68. The Morgan fingerprint density at radius 3 is 2.75 bits per heavy atom. The summed E-state index contributed by atoms with van der Waals surface area (Å²) in [6.07, 6.45) is 2.98. The number of aromatic nitrogens is 2. The van der Waals surface area contributed by atoms with E-state index in [2.05, 4.69) is 4.98 Å². The van der Waals surface area contributed by atoms with Gasteiger partial charge in [0.2, 0.25) is 0 Å². The number of allylic oxidation sites excluding steroid dienone is 1. The van der Waals surface area contributed by atoms with Gasteiger partial charge in [0.25, 0.3) is 5.91 Å². The first-order valence-corrected chi connectivity index (χ1v) is 4.54. The maximum absolute atomic E-state index is 11.6. The zero-order chi connectivity index (χ0) is 11.5. The highest BCUT2D eigenvalue weighted by molar-refractivity contribution is 5.99. The number of carbonyl (C=O) groups excluding carboxylic acids is 2. The average molecular weight is 215 g/mol. The monoisotopic (exact) mass is 215 g/mol. The van der Waals surface area contributed by atoms with Gasteiger partial charge in [-0.3, -0.25) is 9.36 Å². The van der Waals surface area contributed by atoms with Crippen LogP contribution in [0.2, 0.25) is 0 Å². The summed E-state index contributed by atoms with van der Waals surface area (Å²) in [5, 5.41) is 10.2. The number of nitrogens with zero attached hydrogens (tertiary/aromatic N) is 2. The van der Waals surface area contributed by atoms with Gasteiger partial charge in [0.05, 0.1) is 17.0 Å². The third-order valence-corrected chi connectivity index (χ3v) is 2.05. The molecular formula is C11H7N2O3-. The van der Waals surface area contributed by atoms with Crippen LogP contribution in [-0.4, -0.2) is 21.4 Å². The van der Waals surface area contributed by atoms with E-state index >= 15 is 0 Å². The van der Waals surface area contributed by atoms with E-state index in [-0.39, 0.29) is 0 Å². The molecule has 5 heteroatoms. The molecule has 0 saturated carbocycles. The van der Waals surface area contributed by atoms with Crippen molar-refractivity contribution in [3.63, 3.8) is 0 Å². The number of benzene rings is 1. The molecule has 0 atom stereocenters. The van der Waals surface area contributed by atoms with E-state index in [4.69, 9.17) is 0 Å². The summed E-state index contributed by atoms with van der Waals surface area (Å²) in [5.74, 6) is -1.88. The van der Waals surface area contributed by atoms with Crippen molar-refractivity contribution >= 4 is 22.9 Å². The van der Waals surface area contributed by atoms with Crippen LogP contribution < -0.4 is 5.11 Å². The fraction of sp³-hybridized carbons (Fsp3) is 0. The van der Waals surface area contributed by atoms with Gasteiger partial charge in [-0.15, -0.1) is 0 Å². The molecule has 16 heavy (non-hydrogen) atoms. The standard InChI is InChI=1S/C11H8N2O3/c14-10(5-6-11(15)16)13-7-12-8-3-1-2-4-9(8)13/h1-7H,(H,15,16)/p-1. The third-order valence-electron chi connectivity index (χ3n) is 2.05. The fourth-order valence-electron chi connectivity index (χ4n) is 1.35. The smallest absolute Gasteiger partial charge is 0.256 e. The molecule has 0 bridgehead atoms. The second-order valence-corrected chi connectivity index (χ2v) is 3.09. The van der Waals surface area contributed by atoms with Crippen LogP contribution in [0.25, 0.3) is 11.0 Å². The molecule has 2 rings (SSSR count). The van der Waals surface area contributed by atoms with Gasteiger partial charge >= 0.3 is 0 Å². The fourth-order valence-corrected chi connectivity index (χ4v) is 1.35. The lowest BCUT2D eigenvalue weighted by molar-refractivity contribution is -0.297. The number of hydrogen-bond donors (Lipinski definition) is 0. The Morgan fingerprint density at radius 2 is 2.00 bits per heavy atom. The van der Waals surface area contributed by atoms with Crippen molar-refractivity contribution in [2.45, 2.75) is 0 Å². The molecule has 0 unspecified atom stereocenters. The molecule has 0 aliphatic heterocycles. The lowest BCUT2D eigenvalue weighted by Gasteiger charge is -1.97. The van der Waals surface area contributed by atoms with Crippen LogP contribution in [0, 0.1) is 0 Å². The normalized spacial score (nSPS) is 11.0. The van der Waals surface area contributed by atoms with Crippen molar-refractivity contribution in [1.82, 2.24) is 9.55 Å². The number of carboxylic acid groups (broad SMARTS) is 1. The summed E-state index contributed by atoms with van der Waals surface area (Å²) in [6.45, 7) is 0. The Labute approximate surface area is 90.6 Å². The molecule has 0 aliphatic carbocycles. The van der Waals surface area contributed by atoms with E-state index in [1.807, 2.05) is 0 Å². The molecule has 1 aromatic heterocycles. The molecule has 0 aliphatic rings. The highest BCUT2D eigenvalue weighted by Crippen LogP contribution is 2.11. The molecule has 80 valence electrons. The Bertz CT molecular complexity index is 584. The molecule has 0 amide bonds. The van der Waals surface area contributed by atoms with Crippen molar-refractivity contribution in [3.05, 3.63) is 42.7 Å². The zero-order valence-electron chi connectivity index (χ0n) is 8.16. The van der Waals surface area contributed by atoms with Gasteiger partial charge in [-0.2, -0.15) is 0 Å². The number of carboxylic acids is 1. The van der Waals surface area contributed by atoms with Gasteiger partial charge in [0.15, 0.2) is 0 Å². The predicted octanol–water partition coefficient (Wildman–Crippen LogP) is -0.0174. The highest BCUT2D eigenvalue weighted by Gasteiger charge is 2.05. The topological polar surface area (TPSA) is 75.0 Å². The molecule has 1 heterocycles. The lowest BCUT2D eigenvalue weighted by Crippen LogP contribution is -2.19. The van der Waals surface area contributed by atoms with Gasteiger partial charge in [-0.1, -0.05) is 12.1 Å². The van der Waals surface area contributed by atoms with Gasteiger partial charge < -0.3 is 9.90 Å². The molecule has 2 aromatic rings. The minimum Gasteiger partial charge on any atom is -0.545 e. The summed E-state index contributed by atoms with van der Waals surface area (Å²) in [5.41, 5.74) is 1.31. The summed E-state index contributed by atoms with van der Waals surface area (Å²) in [6, 6.07) is 7.08. The molecule has 1 aromatic carbocycles. The quantitative estimate of drug-likeness (QED) is 0.660. The van der Waals surface area contributed by atoms with Gasteiger partial charge in [0, 0.05) is 6.08 Å². The van der Waals surface area contributed by atoms with Crippen LogP contribution >= 0.6 is 0 Å². The summed E-state index contributed by atoms with van der Waals surface area (Å²) >= 11 is 0. The molecular weight excluding hydrogens is 208 g/mol. The largest absolute Gasteiger partial charge is 0.545 e. The van der Waals surface area contributed by atoms with E-state index in [1.54, 1.807) is 24.3 Å². The van der Waals surface area contributed by atoms with Gasteiger partial charge in [-0.05, 0) is 18.2 Å². The van der Waals surface area contributed by atoms with Crippen molar-refractivity contribution in [2.75, 3.05) is 0 Å². The summed E-state index contributed by atoms with van der Waals surface area (Å²) in [4.78, 5) is 25.7. The third kappa shape index (κ3) is 1.83. The number of para-hydroxylation sites is 2. The number of imidazole rings is 1. The molecule has 0 N–H and O–H groups in total. The van der Waals surface area contributed by atoms with Crippen LogP contribution in [0.5, 0.6) is 0 Å². The highest BCUT2D eigenvalue weighted by atomic mass is 16.4.